The zero-order valence-electron chi connectivity index (χ0n) is 6.53. The molecule has 0 spiro atoms. The van der Waals surface area contributed by atoms with E-state index in [0.717, 1.165) is 8.95 Å². The maximum Gasteiger partial charge on any atom is 0.255 e. The van der Waals surface area contributed by atoms with Crippen molar-refractivity contribution in [2.75, 3.05) is 11.9 Å². The van der Waals surface area contributed by atoms with E-state index in [-0.39, 0.29) is 6.54 Å². The lowest BCUT2D eigenvalue weighted by molar-refractivity contribution is 0.163. The molecule has 1 N–H and O–H groups in total. The van der Waals surface area contributed by atoms with Gasteiger partial charge in [-0.3, -0.25) is 0 Å². The molecule has 72 valence electrons. The molecule has 0 aliphatic carbocycles. The summed E-state index contributed by atoms with van der Waals surface area (Å²) in [5.41, 5.74) is 0.655. The topological polar surface area (TPSA) is 12.0 Å². The van der Waals surface area contributed by atoms with Crippen molar-refractivity contribution in [2.45, 2.75) is 6.43 Å². The zero-order chi connectivity index (χ0) is 9.84. The first-order valence-corrected chi connectivity index (χ1v) is 5.16. The molecule has 1 rings (SSSR count). The van der Waals surface area contributed by atoms with E-state index in [9.17, 15) is 8.78 Å². The van der Waals surface area contributed by atoms with Crippen molar-refractivity contribution >= 4 is 37.5 Å². The van der Waals surface area contributed by atoms with Gasteiger partial charge < -0.3 is 5.32 Å². The third-order valence-electron chi connectivity index (χ3n) is 1.40. The lowest BCUT2D eigenvalue weighted by Crippen LogP contribution is -2.10. The standard InChI is InChI=1S/C8H7Br2F2N/c9-5-2-1-3-6(10)8(5)13-4-7(11)12/h1-3,7,13H,4H2. The fraction of sp³-hybridized carbons (Fsp3) is 0.250. The molecule has 0 unspecified atom stereocenters. The number of benzene rings is 1. The Bertz CT molecular complexity index is 271. The van der Waals surface area contributed by atoms with Gasteiger partial charge in [0.25, 0.3) is 6.43 Å². The molecule has 0 heterocycles. The van der Waals surface area contributed by atoms with Crippen LogP contribution in [0.15, 0.2) is 27.1 Å². The van der Waals surface area contributed by atoms with Crippen molar-refractivity contribution in [3.63, 3.8) is 0 Å². The van der Waals surface area contributed by atoms with Crippen LogP contribution in [0.25, 0.3) is 0 Å². The van der Waals surface area contributed by atoms with E-state index in [1.165, 1.54) is 0 Å². The first kappa shape index (κ1) is 10.9. The Hall–Kier alpha value is -0.160. The van der Waals surface area contributed by atoms with Crippen LogP contribution < -0.4 is 5.32 Å². The lowest BCUT2D eigenvalue weighted by Gasteiger charge is -2.09. The van der Waals surface area contributed by atoms with Crippen molar-refractivity contribution in [1.29, 1.82) is 0 Å². The van der Waals surface area contributed by atoms with Gasteiger partial charge in [-0.15, -0.1) is 0 Å². The summed E-state index contributed by atoms with van der Waals surface area (Å²) in [5.74, 6) is 0. The van der Waals surface area contributed by atoms with Crippen LogP contribution in [0.2, 0.25) is 0 Å². The summed E-state index contributed by atoms with van der Waals surface area (Å²) in [4.78, 5) is 0. The molecule has 0 aliphatic rings. The maximum absolute atomic E-state index is 11.9. The van der Waals surface area contributed by atoms with Gasteiger partial charge in [-0.25, -0.2) is 8.78 Å². The number of rotatable bonds is 3. The summed E-state index contributed by atoms with van der Waals surface area (Å²) in [6.07, 6.45) is -2.35. The molecule has 0 amide bonds. The van der Waals surface area contributed by atoms with Gasteiger partial charge in [-0.05, 0) is 44.0 Å². The Morgan fingerprint density at radius 1 is 1.23 bits per heavy atom. The minimum atomic E-state index is -2.35. The predicted octanol–water partition coefficient (Wildman–Crippen LogP) is 3.89. The normalized spacial score (nSPS) is 10.5. The number of anilines is 1. The summed E-state index contributed by atoms with van der Waals surface area (Å²) in [7, 11) is 0. The number of hydrogen-bond donors (Lipinski definition) is 1. The summed E-state index contributed by atoms with van der Waals surface area (Å²) in [5, 5.41) is 2.64. The lowest BCUT2D eigenvalue weighted by atomic mass is 10.3. The first-order valence-electron chi connectivity index (χ1n) is 3.57. The molecular formula is C8H7Br2F2N. The van der Waals surface area contributed by atoms with Crippen LogP contribution in [0.5, 0.6) is 0 Å². The van der Waals surface area contributed by atoms with E-state index in [0.29, 0.717) is 5.69 Å². The Labute approximate surface area is 91.8 Å². The molecule has 0 saturated carbocycles. The molecule has 13 heavy (non-hydrogen) atoms. The van der Waals surface area contributed by atoms with Gasteiger partial charge >= 0.3 is 0 Å². The van der Waals surface area contributed by atoms with E-state index in [4.69, 9.17) is 0 Å². The van der Waals surface area contributed by atoms with E-state index in [1.807, 2.05) is 6.07 Å². The van der Waals surface area contributed by atoms with Crippen molar-refractivity contribution in [2.24, 2.45) is 0 Å². The molecule has 0 atom stereocenters. The first-order chi connectivity index (χ1) is 6.11. The van der Waals surface area contributed by atoms with Crippen LogP contribution in [-0.2, 0) is 0 Å². The summed E-state index contributed by atoms with van der Waals surface area (Å²) in [6.45, 7) is -0.346. The summed E-state index contributed by atoms with van der Waals surface area (Å²) >= 11 is 6.52. The fourth-order valence-corrected chi connectivity index (χ4v) is 2.12. The van der Waals surface area contributed by atoms with Gasteiger partial charge in [0.2, 0.25) is 0 Å². The second-order valence-corrected chi connectivity index (χ2v) is 4.08. The predicted molar refractivity (Wildman–Crippen MR) is 56.3 cm³/mol. The third-order valence-corrected chi connectivity index (χ3v) is 2.72. The highest BCUT2D eigenvalue weighted by molar-refractivity contribution is 9.11. The maximum atomic E-state index is 11.9. The Balaban J connectivity index is 2.75. The average Bonchev–Trinajstić information content (AvgIpc) is 2.03. The minimum Gasteiger partial charge on any atom is -0.377 e. The highest BCUT2D eigenvalue weighted by Crippen LogP contribution is 2.30. The summed E-state index contributed by atoms with van der Waals surface area (Å²) in [6, 6.07) is 5.40. The van der Waals surface area contributed by atoms with E-state index >= 15 is 0 Å². The largest absolute Gasteiger partial charge is 0.377 e. The molecule has 0 saturated heterocycles. The van der Waals surface area contributed by atoms with Gasteiger partial charge in [-0.1, -0.05) is 6.07 Å². The number of alkyl halides is 2. The highest BCUT2D eigenvalue weighted by atomic mass is 79.9. The van der Waals surface area contributed by atoms with Crippen molar-refractivity contribution in [1.82, 2.24) is 0 Å². The second kappa shape index (κ2) is 4.91. The van der Waals surface area contributed by atoms with Gasteiger partial charge in [0.1, 0.15) is 0 Å². The molecule has 1 nitrogen and oxygen atoms in total. The van der Waals surface area contributed by atoms with E-state index < -0.39 is 6.43 Å². The van der Waals surface area contributed by atoms with Crippen LogP contribution in [0.1, 0.15) is 0 Å². The van der Waals surface area contributed by atoms with Crippen LogP contribution in [0.3, 0.4) is 0 Å². The zero-order valence-corrected chi connectivity index (χ0v) is 9.70. The van der Waals surface area contributed by atoms with E-state index in [2.05, 4.69) is 37.2 Å². The molecule has 0 aliphatic heterocycles. The van der Waals surface area contributed by atoms with Crippen LogP contribution in [-0.4, -0.2) is 13.0 Å². The van der Waals surface area contributed by atoms with Crippen molar-refractivity contribution < 1.29 is 8.78 Å². The van der Waals surface area contributed by atoms with Crippen molar-refractivity contribution in [3.8, 4) is 0 Å². The minimum absolute atomic E-state index is 0.346. The number of halogens is 4. The van der Waals surface area contributed by atoms with Crippen LogP contribution in [0.4, 0.5) is 14.5 Å². The third kappa shape index (κ3) is 3.23. The number of nitrogens with one attached hydrogen (secondary N) is 1. The highest BCUT2D eigenvalue weighted by Gasteiger charge is 2.06. The number of hydrogen-bond acceptors (Lipinski definition) is 1. The van der Waals surface area contributed by atoms with Gasteiger partial charge in [0.05, 0.1) is 12.2 Å². The van der Waals surface area contributed by atoms with Gasteiger partial charge in [0, 0.05) is 8.95 Å². The van der Waals surface area contributed by atoms with Crippen LogP contribution >= 0.6 is 31.9 Å². The molecule has 0 bridgehead atoms. The Morgan fingerprint density at radius 3 is 2.23 bits per heavy atom. The fourth-order valence-electron chi connectivity index (χ4n) is 0.846. The number of para-hydroxylation sites is 1. The van der Waals surface area contributed by atoms with Gasteiger partial charge in [-0.2, -0.15) is 0 Å². The molecule has 0 fully saturated rings. The van der Waals surface area contributed by atoms with Crippen LogP contribution in [0, 0.1) is 0 Å². The Morgan fingerprint density at radius 2 is 1.77 bits per heavy atom. The molecule has 0 aromatic heterocycles. The molecule has 5 heteroatoms. The van der Waals surface area contributed by atoms with Crippen molar-refractivity contribution in [3.05, 3.63) is 27.1 Å². The average molecular weight is 315 g/mol. The van der Waals surface area contributed by atoms with E-state index in [1.54, 1.807) is 12.1 Å². The SMILES string of the molecule is FC(F)CNc1c(Br)cccc1Br. The Kier molecular flexibility index (Phi) is 4.12. The summed E-state index contributed by atoms with van der Waals surface area (Å²) < 4.78 is 25.3. The molecule has 0 radical (unpaired) electrons. The molecule has 1 aromatic carbocycles. The molecular weight excluding hydrogens is 308 g/mol. The quantitative estimate of drug-likeness (QED) is 0.892. The monoisotopic (exact) mass is 313 g/mol. The van der Waals surface area contributed by atoms with Gasteiger partial charge in [0.15, 0.2) is 0 Å². The smallest absolute Gasteiger partial charge is 0.255 e. The molecule has 1 aromatic rings. The second-order valence-electron chi connectivity index (χ2n) is 2.37.